The Bertz CT molecular complexity index is 332. The summed E-state index contributed by atoms with van der Waals surface area (Å²) in [7, 11) is 0. The Morgan fingerprint density at radius 2 is 2.23 bits per heavy atom. The first kappa shape index (κ1) is 8.04. The molecule has 1 aliphatic carbocycles. The van der Waals surface area contributed by atoms with Crippen LogP contribution in [0.25, 0.3) is 0 Å². The Morgan fingerprint density at radius 1 is 1.46 bits per heavy atom. The monoisotopic (exact) mass is 179 g/mol. The van der Waals surface area contributed by atoms with Crippen LogP contribution in [0, 0.1) is 5.41 Å². The first-order chi connectivity index (χ1) is 6.13. The molecule has 4 nitrogen and oxygen atoms in total. The number of rotatable bonds is 0. The molecule has 0 bridgehead atoms. The fourth-order valence-electron chi connectivity index (χ4n) is 1.48. The zero-order valence-electron chi connectivity index (χ0n) is 7.11. The fourth-order valence-corrected chi connectivity index (χ4v) is 1.48. The Balaban J connectivity index is 2.38. The van der Waals surface area contributed by atoms with Crippen LogP contribution >= 0.6 is 0 Å². The summed E-state index contributed by atoms with van der Waals surface area (Å²) < 4.78 is 4.48. The molecular formula is C9H9NO3. The third kappa shape index (κ3) is 1.06. The topological polar surface area (TPSA) is 55.4 Å². The van der Waals surface area contributed by atoms with E-state index in [9.17, 15) is 9.59 Å². The van der Waals surface area contributed by atoms with Gasteiger partial charge in [0, 0.05) is 0 Å². The number of fused-ring (bicyclic) bond motifs is 1. The average Bonchev–Trinajstić information content (AvgIpc) is 2.07. The fraction of sp³-hybridized carbons (Fsp3) is 0.333. The number of alkyl carbamates (subject to hydrolysis) is 1. The van der Waals surface area contributed by atoms with Crippen LogP contribution in [0.5, 0.6) is 0 Å². The van der Waals surface area contributed by atoms with Gasteiger partial charge in [0.15, 0.2) is 0 Å². The number of amides is 1. The number of hydrogen-bond donors (Lipinski definition) is 1. The lowest BCUT2D eigenvalue weighted by atomic mass is 9.78. The van der Waals surface area contributed by atoms with Crippen LogP contribution in [-0.4, -0.2) is 18.1 Å². The Morgan fingerprint density at radius 3 is 3.00 bits per heavy atom. The van der Waals surface area contributed by atoms with Crippen molar-refractivity contribution in [1.82, 2.24) is 5.32 Å². The highest BCUT2D eigenvalue weighted by Crippen LogP contribution is 2.31. The van der Waals surface area contributed by atoms with E-state index in [1.54, 1.807) is 31.2 Å². The summed E-state index contributed by atoms with van der Waals surface area (Å²) in [6.07, 6.45) is 6.41. The van der Waals surface area contributed by atoms with Gasteiger partial charge in [-0.2, -0.15) is 0 Å². The van der Waals surface area contributed by atoms with Gasteiger partial charge in [0.25, 0.3) is 0 Å². The summed E-state index contributed by atoms with van der Waals surface area (Å²) in [5, 5.41) is 2.57. The van der Waals surface area contributed by atoms with Gasteiger partial charge in [0.05, 0.1) is 6.04 Å². The molecule has 0 aromatic carbocycles. The van der Waals surface area contributed by atoms with Crippen LogP contribution in [0.4, 0.5) is 4.79 Å². The van der Waals surface area contributed by atoms with Crippen LogP contribution in [0.15, 0.2) is 24.3 Å². The number of cyclic esters (lactones) is 2. The van der Waals surface area contributed by atoms with Gasteiger partial charge >= 0.3 is 12.1 Å². The number of ether oxygens (including phenoxy) is 1. The SMILES string of the molecule is CC12C=CC=CC1NC(=O)OC2=O. The van der Waals surface area contributed by atoms with Crippen molar-refractivity contribution < 1.29 is 14.3 Å². The van der Waals surface area contributed by atoms with E-state index in [2.05, 4.69) is 10.1 Å². The highest BCUT2D eigenvalue weighted by Gasteiger charge is 2.46. The van der Waals surface area contributed by atoms with Crippen LogP contribution in [0.3, 0.4) is 0 Å². The van der Waals surface area contributed by atoms with Crippen LogP contribution in [0.1, 0.15) is 6.92 Å². The highest BCUT2D eigenvalue weighted by atomic mass is 16.6. The summed E-state index contributed by atoms with van der Waals surface area (Å²) >= 11 is 0. The molecule has 2 atom stereocenters. The van der Waals surface area contributed by atoms with E-state index >= 15 is 0 Å². The Hall–Kier alpha value is -1.58. The molecule has 0 aromatic heterocycles. The minimum absolute atomic E-state index is 0.286. The normalized spacial score (nSPS) is 36.5. The maximum Gasteiger partial charge on any atom is 0.415 e. The molecule has 1 aliphatic heterocycles. The zero-order valence-corrected chi connectivity index (χ0v) is 7.11. The van der Waals surface area contributed by atoms with Gasteiger partial charge in [-0.05, 0) is 6.92 Å². The lowest BCUT2D eigenvalue weighted by molar-refractivity contribution is -0.149. The Kier molecular flexibility index (Phi) is 1.52. The summed E-state index contributed by atoms with van der Waals surface area (Å²) in [5.74, 6) is -0.498. The lowest BCUT2D eigenvalue weighted by Gasteiger charge is -2.36. The number of allylic oxidation sites excluding steroid dienone is 2. The molecule has 1 heterocycles. The predicted octanol–water partition coefficient (Wildman–Crippen LogP) is 0.754. The average molecular weight is 179 g/mol. The minimum atomic E-state index is -0.747. The van der Waals surface area contributed by atoms with Crippen LogP contribution < -0.4 is 5.32 Å². The van der Waals surface area contributed by atoms with Crippen LogP contribution in [-0.2, 0) is 9.53 Å². The molecule has 2 unspecified atom stereocenters. The largest absolute Gasteiger partial charge is 0.415 e. The second-order valence-corrected chi connectivity index (χ2v) is 3.33. The number of esters is 1. The van der Waals surface area contributed by atoms with Crippen molar-refractivity contribution in [3.05, 3.63) is 24.3 Å². The van der Waals surface area contributed by atoms with Gasteiger partial charge < -0.3 is 10.1 Å². The van der Waals surface area contributed by atoms with E-state index in [0.717, 1.165) is 0 Å². The number of hydrogen-bond acceptors (Lipinski definition) is 3. The van der Waals surface area contributed by atoms with Gasteiger partial charge in [0.1, 0.15) is 5.41 Å². The van der Waals surface area contributed by atoms with Crippen molar-refractivity contribution in [1.29, 1.82) is 0 Å². The van der Waals surface area contributed by atoms with E-state index in [-0.39, 0.29) is 6.04 Å². The standard InChI is InChI=1S/C9H9NO3/c1-9-5-3-2-4-6(9)10-8(12)13-7(9)11/h2-6H,1H3,(H,10,12). The van der Waals surface area contributed by atoms with Gasteiger partial charge in [0.2, 0.25) is 0 Å². The maximum absolute atomic E-state index is 11.4. The van der Waals surface area contributed by atoms with Crippen molar-refractivity contribution in [3.8, 4) is 0 Å². The molecule has 1 saturated heterocycles. The lowest BCUT2D eigenvalue weighted by Crippen LogP contribution is -2.56. The van der Waals surface area contributed by atoms with Crippen molar-refractivity contribution in [2.45, 2.75) is 13.0 Å². The summed E-state index contributed by atoms with van der Waals surface area (Å²) in [6, 6.07) is -0.286. The van der Waals surface area contributed by atoms with E-state index in [4.69, 9.17) is 0 Å². The summed E-state index contributed by atoms with van der Waals surface area (Å²) in [5.41, 5.74) is -0.747. The number of nitrogens with one attached hydrogen (secondary N) is 1. The first-order valence-corrected chi connectivity index (χ1v) is 4.02. The van der Waals surface area contributed by atoms with Crippen molar-refractivity contribution in [3.63, 3.8) is 0 Å². The van der Waals surface area contributed by atoms with Crippen molar-refractivity contribution >= 4 is 12.1 Å². The molecule has 68 valence electrons. The molecule has 4 heteroatoms. The van der Waals surface area contributed by atoms with Crippen molar-refractivity contribution in [2.75, 3.05) is 0 Å². The molecule has 2 aliphatic rings. The smallest absolute Gasteiger partial charge is 0.376 e. The number of carbonyl (C=O) groups excluding carboxylic acids is 2. The highest BCUT2D eigenvalue weighted by molar-refractivity contribution is 5.93. The number of carbonyl (C=O) groups is 2. The third-order valence-electron chi connectivity index (χ3n) is 2.40. The van der Waals surface area contributed by atoms with Gasteiger partial charge in [-0.1, -0.05) is 24.3 Å². The molecule has 0 saturated carbocycles. The first-order valence-electron chi connectivity index (χ1n) is 4.02. The van der Waals surface area contributed by atoms with E-state index in [1.807, 2.05) is 0 Å². The molecule has 2 rings (SSSR count). The van der Waals surface area contributed by atoms with E-state index < -0.39 is 17.5 Å². The van der Waals surface area contributed by atoms with E-state index in [0.29, 0.717) is 0 Å². The second kappa shape index (κ2) is 2.45. The molecule has 1 amide bonds. The molecule has 13 heavy (non-hydrogen) atoms. The quantitative estimate of drug-likeness (QED) is 0.441. The minimum Gasteiger partial charge on any atom is -0.376 e. The third-order valence-corrected chi connectivity index (χ3v) is 2.40. The molecule has 1 fully saturated rings. The predicted molar refractivity (Wildman–Crippen MR) is 44.8 cm³/mol. The molecular weight excluding hydrogens is 170 g/mol. The van der Waals surface area contributed by atoms with Crippen LogP contribution in [0.2, 0.25) is 0 Å². The second-order valence-electron chi connectivity index (χ2n) is 3.33. The summed E-state index contributed by atoms with van der Waals surface area (Å²) in [6.45, 7) is 1.74. The van der Waals surface area contributed by atoms with Crippen molar-refractivity contribution in [2.24, 2.45) is 5.41 Å². The molecule has 0 radical (unpaired) electrons. The van der Waals surface area contributed by atoms with E-state index in [1.165, 1.54) is 0 Å². The Labute approximate surface area is 75.3 Å². The maximum atomic E-state index is 11.4. The summed E-state index contributed by atoms with van der Waals surface area (Å²) in [4.78, 5) is 22.3. The molecule has 0 aromatic rings. The molecule has 1 N–H and O–H groups in total. The van der Waals surface area contributed by atoms with Gasteiger partial charge in [-0.15, -0.1) is 0 Å². The van der Waals surface area contributed by atoms with Gasteiger partial charge in [-0.3, -0.25) is 4.79 Å². The zero-order chi connectivity index (χ0) is 9.47. The van der Waals surface area contributed by atoms with Gasteiger partial charge in [-0.25, -0.2) is 4.79 Å². The molecule has 0 spiro atoms.